The van der Waals surface area contributed by atoms with Crippen molar-refractivity contribution in [2.75, 3.05) is 0 Å². The zero-order valence-electron chi connectivity index (χ0n) is 20.6. The first-order chi connectivity index (χ1) is 16.2. The Bertz CT molecular complexity index is 704. The van der Waals surface area contributed by atoms with Gasteiger partial charge in [0, 0.05) is 6.04 Å². The van der Waals surface area contributed by atoms with Gasteiger partial charge in [-0.05, 0) is 76.0 Å². The number of fused-ring (bicyclic) bond motifs is 1. The average molecular weight is 456 g/mol. The Morgan fingerprint density at radius 2 is 1.61 bits per heavy atom. The summed E-state index contributed by atoms with van der Waals surface area (Å²) in [6.07, 6.45) is 23.8. The van der Waals surface area contributed by atoms with E-state index in [1.165, 1.54) is 38.5 Å². The summed E-state index contributed by atoms with van der Waals surface area (Å²) in [5, 5.41) is 24.2. The number of carbonyl (C=O) groups is 1. The molecule has 5 nitrogen and oxygen atoms in total. The number of aliphatic hydroxyl groups is 1. The average Bonchev–Trinajstić information content (AvgIpc) is 2.85. The second kappa shape index (κ2) is 12.3. The van der Waals surface area contributed by atoms with Crippen molar-refractivity contribution in [3.05, 3.63) is 24.3 Å². The van der Waals surface area contributed by atoms with Crippen LogP contribution in [0.4, 0.5) is 0 Å². The van der Waals surface area contributed by atoms with Crippen LogP contribution in [0.2, 0.25) is 0 Å². The van der Waals surface area contributed by atoms with Crippen molar-refractivity contribution < 1.29 is 9.90 Å². The zero-order valence-corrected chi connectivity index (χ0v) is 20.6. The molecule has 0 radical (unpaired) electrons. The van der Waals surface area contributed by atoms with Crippen molar-refractivity contribution >= 4 is 5.91 Å². The molecule has 0 aliphatic heterocycles. The van der Waals surface area contributed by atoms with Crippen molar-refractivity contribution in [3.63, 3.8) is 0 Å². The summed E-state index contributed by atoms with van der Waals surface area (Å²) in [5.41, 5.74) is 0. The van der Waals surface area contributed by atoms with Crippen molar-refractivity contribution in [2.45, 2.75) is 121 Å². The third-order valence-electron chi connectivity index (χ3n) is 8.81. The molecule has 33 heavy (non-hydrogen) atoms. The molecule has 4 fully saturated rings. The summed E-state index contributed by atoms with van der Waals surface area (Å²) in [4.78, 5) is 13.2. The summed E-state index contributed by atoms with van der Waals surface area (Å²) in [5.74, 6) is 1.26. The lowest BCUT2D eigenvalue weighted by Gasteiger charge is -2.45. The smallest absolute Gasteiger partial charge is 0.226 e. The first-order valence-electron chi connectivity index (χ1n) is 13.8. The van der Waals surface area contributed by atoms with E-state index in [0.717, 1.165) is 51.4 Å². The van der Waals surface area contributed by atoms with Crippen molar-refractivity contribution in [1.82, 2.24) is 5.32 Å². The van der Waals surface area contributed by atoms with Crippen LogP contribution in [-0.4, -0.2) is 35.2 Å². The lowest BCUT2D eigenvalue weighted by molar-refractivity contribution is -0.135. The maximum atomic E-state index is 13.2. The highest BCUT2D eigenvalue weighted by molar-refractivity contribution is 5.80. The van der Waals surface area contributed by atoms with E-state index in [1.807, 2.05) is 6.92 Å². The van der Waals surface area contributed by atoms with Gasteiger partial charge in [-0.1, -0.05) is 62.8 Å². The molecule has 0 bridgehead atoms. The predicted octanol–water partition coefficient (Wildman–Crippen LogP) is 6.13. The highest BCUT2D eigenvalue weighted by atomic mass is 16.3. The van der Waals surface area contributed by atoms with Gasteiger partial charge >= 0.3 is 0 Å². The molecule has 4 aliphatic rings. The van der Waals surface area contributed by atoms with Crippen LogP contribution in [0.25, 0.3) is 0 Å². The Labute approximate surface area is 200 Å². The molecule has 0 heterocycles. The fourth-order valence-corrected chi connectivity index (χ4v) is 6.82. The summed E-state index contributed by atoms with van der Waals surface area (Å²) in [6, 6.07) is 0.347. The lowest BCUT2D eigenvalue weighted by atomic mass is 9.64. The molecule has 5 atom stereocenters. The lowest BCUT2D eigenvalue weighted by Crippen LogP contribution is -2.54. The molecular formula is C28H45N3O2. The molecular weight excluding hydrogens is 410 g/mol. The van der Waals surface area contributed by atoms with Crippen molar-refractivity contribution in [2.24, 2.45) is 33.9 Å². The van der Waals surface area contributed by atoms with Crippen LogP contribution < -0.4 is 5.32 Å². The monoisotopic (exact) mass is 455 g/mol. The van der Waals surface area contributed by atoms with Gasteiger partial charge in [0.05, 0.1) is 18.1 Å². The van der Waals surface area contributed by atoms with Crippen LogP contribution in [0.3, 0.4) is 0 Å². The number of nitrogens with one attached hydrogen (secondary N) is 1. The maximum Gasteiger partial charge on any atom is 0.226 e. The summed E-state index contributed by atoms with van der Waals surface area (Å²) in [7, 11) is 0. The van der Waals surface area contributed by atoms with Crippen LogP contribution in [0, 0.1) is 23.7 Å². The number of rotatable bonds is 6. The third kappa shape index (κ3) is 6.55. The van der Waals surface area contributed by atoms with Gasteiger partial charge in [0.1, 0.15) is 6.04 Å². The number of hydrogen-bond donors (Lipinski definition) is 2. The standard InChI is InChI=1S/C28H45N3O2/c1-2-3-5-10-20-15-17-23(18-16-20)30-31-26-24-14-9-8-11-21(24)19-25(27(26)32)28(33)29-22-12-6-4-7-13-22/h2-3,5,10,20-27,32H,4,6-9,11-19H2,1H3,(H,29,33)/b3-2+,10-5+,31-30?. The van der Waals surface area contributed by atoms with Gasteiger partial charge < -0.3 is 10.4 Å². The normalized spacial score (nSPS) is 38.7. The number of amides is 1. The second-order valence-electron chi connectivity index (χ2n) is 11.1. The van der Waals surface area contributed by atoms with Crippen LogP contribution in [0.1, 0.15) is 96.8 Å². The van der Waals surface area contributed by atoms with E-state index in [-0.39, 0.29) is 23.9 Å². The summed E-state index contributed by atoms with van der Waals surface area (Å²) in [6.45, 7) is 2.04. The molecule has 4 rings (SSSR count). The minimum atomic E-state index is -0.697. The van der Waals surface area contributed by atoms with Gasteiger partial charge in [-0.2, -0.15) is 10.2 Å². The molecule has 0 aromatic carbocycles. The van der Waals surface area contributed by atoms with Gasteiger partial charge in [0.25, 0.3) is 0 Å². The van der Waals surface area contributed by atoms with Crippen LogP contribution >= 0.6 is 0 Å². The topological polar surface area (TPSA) is 74.0 Å². The molecule has 5 heteroatoms. The van der Waals surface area contributed by atoms with Gasteiger partial charge in [-0.3, -0.25) is 4.79 Å². The van der Waals surface area contributed by atoms with Gasteiger partial charge in [-0.25, -0.2) is 0 Å². The molecule has 2 N–H and O–H groups in total. The predicted molar refractivity (Wildman–Crippen MR) is 133 cm³/mol. The number of azo groups is 1. The quantitative estimate of drug-likeness (QED) is 0.373. The number of nitrogens with zero attached hydrogens (tertiary/aromatic N) is 2. The van der Waals surface area contributed by atoms with E-state index in [4.69, 9.17) is 10.2 Å². The molecule has 184 valence electrons. The van der Waals surface area contributed by atoms with Crippen molar-refractivity contribution in [1.29, 1.82) is 0 Å². The fraction of sp³-hybridized carbons (Fsp3) is 0.821. The van der Waals surface area contributed by atoms with Crippen molar-refractivity contribution in [3.8, 4) is 0 Å². The molecule has 0 aromatic rings. The van der Waals surface area contributed by atoms with E-state index in [0.29, 0.717) is 23.8 Å². The van der Waals surface area contributed by atoms with Crippen LogP contribution in [0.5, 0.6) is 0 Å². The van der Waals surface area contributed by atoms with Crippen LogP contribution in [0.15, 0.2) is 34.5 Å². The summed E-state index contributed by atoms with van der Waals surface area (Å²) >= 11 is 0. The first-order valence-corrected chi connectivity index (χ1v) is 13.8. The van der Waals surface area contributed by atoms with Gasteiger partial charge in [0.2, 0.25) is 5.91 Å². The molecule has 4 aliphatic carbocycles. The fourth-order valence-electron chi connectivity index (χ4n) is 6.82. The van der Waals surface area contributed by atoms with Gasteiger partial charge in [-0.15, -0.1) is 0 Å². The van der Waals surface area contributed by atoms with E-state index in [9.17, 15) is 9.90 Å². The SMILES string of the molecule is C/C=C/C=C/C1CCC(N=NC2C(O)C(C(=O)NC3CCCCC3)CC3CCCCC32)CC1. The Morgan fingerprint density at radius 3 is 2.36 bits per heavy atom. The molecule has 5 unspecified atom stereocenters. The van der Waals surface area contributed by atoms with E-state index in [1.54, 1.807) is 0 Å². The Morgan fingerprint density at radius 1 is 0.879 bits per heavy atom. The molecule has 4 saturated carbocycles. The minimum absolute atomic E-state index is 0.0621. The highest BCUT2D eigenvalue weighted by Gasteiger charge is 2.47. The number of allylic oxidation sites excluding steroid dienone is 4. The molecule has 0 spiro atoms. The van der Waals surface area contributed by atoms with E-state index in [2.05, 4.69) is 29.6 Å². The third-order valence-corrected chi connectivity index (χ3v) is 8.81. The summed E-state index contributed by atoms with van der Waals surface area (Å²) < 4.78 is 0. The first kappa shape index (κ1) is 24.6. The Balaban J connectivity index is 1.38. The number of aliphatic hydroxyl groups excluding tert-OH is 1. The molecule has 1 amide bonds. The zero-order chi connectivity index (χ0) is 23.0. The van der Waals surface area contributed by atoms with E-state index < -0.39 is 6.10 Å². The maximum absolute atomic E-state index is 13.2. The number of hydrogen-bond acceptors (Lipinski definition) is 4. The van der Waals surface area contributed by atoms with E-state index >= 15 is 0 Å². The van der Waals surface area contributed by atoms with Gasteiger partial charge in [0.15, 0.2) is 0 Å². The molecule has 0 aromatic heterocycles. The minimum Gasteiger partial charge on any atom is -0.390 e. The highest BCUT2D eigenvalue weighted by Crippen LogP contribution is 2.45. The number of carbonyl (C=O) groups excluding carboxylic acids is 1. The molecule has 0 saturated heterocycles. The van der Waals surface area contributed by atoms with Crippen LogP contribution in [-0.2, 0) is 4.79 Å². The Kier molecular flexibility index (Phi) is 9.17. The second-order valence-corrected chi connectivity index (χ2v) is 11.1. The Hall–Kier alpha value is -1.49. The largest absolute Gasteiger partial charge is 0.390 e.